The molecule has 4 rings (SSSR count). The average Bonchev–Trinajstić information content (AvgIpc) is 3.05. The lowest BCUT2D eigenvalue weighted by atomic mass is 10.0. The quantitative estimate of drug-likeness (QED) is 0.524. The van der Waals surface area contributed by atoms with E-state index in [9.17, 15) is 0 Å². The van der Waals surface area contributed by atoms with Crippen LogP contribution in [0.15, 0.2) is 54.9 Å². The molecule has 0 aliphatic heterocycles. The van der Waals surface area contributed by atoms with Crippen molar-refractivity contribution in [3.05, 3.63) is 71.0 Å². The highest BCUT2D eigenvalue weighted by Gasteiger charge is 2.08. The molecule has 0 fully saturated rings. The maximum atomic E-state index is 6.10. The molecule has 2 aromatic heterocycles. The fraction of sp³-hybridized carbons (Fsp3) is 0.0588. The van der Waals surface area contributed by atoms with Crippen molar-refractivity contribution in [2.45, 2.75) is 6.42 Å². The first-order valence-electron chi connectivity index (χ1n) is 6.62. The lowest BCUT2D eigenvalue weighted by Crippen LogP contribution is -1.84. The van der Waals surface area contributed by atoms with Crippen LogP contribution in [0.25, 0.3) is 21.8 Å². The second-order valence-corrected chi connectivity index (χ2v) is 5.48. The van der Waals surface area contributed by atoms with Crippen LogP contribution in [0.1, 0.15) is 11.1 Å². The van der Waals surface area contributed by atoms with Gasteiger partial charge in [-0.3, -0.25) is 0 Å². The van der Waals surface area contributed by atoms with Crippen molar-refractivity contribution in [1.29, 1.82) is 0 Å². The molecule has 0 spiro atoms. The molecule has 0 amide bonds. The lowest BCUT2D eigenvalue weighted by Gasteiger charge is -1.99. The van der Waals surface area contributed by atoms with Crippen molar-refractivity contribution in [2.24, 2.45) is 0 Å². The number of aromatic amines is 2. The van der Waals surface area contributed by atoms with Gasteiger partial charge in [-0.2, -0.15) is 0 Å². The number of H-pyrrole nitrogens is 2. The van der Waals surface area contributed by atoms with E-state index >= 15 is 0 Å². The van der Waals surface area contributed by atoms with Gasteiger partial charge >= 0.3 is 0 Å². The minimum absolute atomic E-state index is 0.775. The Bertz CT molecular complexity index is 902. The van der Waals surface area contributed by atoms with Crippen molar-refractivity contribution in [3.63, 3.8) is 0 Å². The summed E-state index contributed by atoms with van der Waals surface area (Å²) in [5.41, 5.74) is 4.89. The molecule has 3 heteroatoms. The van der Waals surface area contributed by atoms with E-state index in [-0.39, 0.29) is 0 Å². The zero-order valence-electron chi connectivity index (χ0n) is 10.8. The molecule has 2 heterocycles. The number of fused-ring (bicyclic) bond motifs is 2. The predicted octanol–water partition coefficient (Wildman–Crippen LogP) is 4.89. The van der Waals surface area contributed by atoms with Crippen LogP contribution in [-0.2, 0) is 6.42 Å². The standard InChI is InChI=1S/C17H13ClN2/c18-13-5-6-17-15(8-13)12(10-20-17)7-11-9-19-16-4-2-1-3-14(11)16/h1-6,8-10,19-20H,7H2. The van der Waals surface area contributed by atoms with Gasteiger partial charge in [-0.25, -0.2) is 0 Å². The second kappa shape index (κ2) is 4.43. The summed E-state index contributed by atoms with van der Waals surface area (Å²) >= 11 is 6.10. The molecule has 0 unspecified atom stereocenters. The van der Waals surface area contributed by atoms with Crippen LogP contribution < -0.4 is 0 Å². The third-order valence-electron chi connectivity index (χ3n) is 3.79. The summed E-state index contributed by atoms with van der Waals surface area (Å²) in [6, 6.07) is 14.3. The molecule has 0 saturated carbocycles. The number of rotatable bonds is 2. The molecule has 2 aromatic carbocycles. The number of aromatic nitrogens is 2. The van der Waals surface area contributed by atoms with E-state index in [1.165, 1.54) is 27.4 Å². The Balaban J connectivity index is 1.82. The van der Waals surface area contributed by atoms with E-state index in [1.54, 1.807) is 0 Å². The van der Waals surface area contributed by atoms with Crippen LogP contribution in [0.4, 0.5) is 0 Å². The normalized spacial score (nSPS) is 11.4. The summed E-state index contributed by atoms with van der Waals surface area (Å²) in [5.74, 6) is 0. The maximum Gasteiger partial charge on any atom is 0.0457 e. The first kappa shape index (κ1) is 11.6. The largest absolute Gasteiger partial charge is 0.361 e. The molecule has 2 N–H and O–H groups in total. The van der Waals surface area contributed by atoms with Crippen LogP contribution >= 0.6 is 11.6 Å². The molecule has 0 atom stereocenters. The van der Waals surface area contributed by atoms with Crippen molar-refractivity contribution >= 4 is 33.4 Å². The van der Waals surface area contributed by atoms with Crippen LogP contribution in [-0.4, -0.2) is 9.97 Å². The van der Waals surface area contributed by atoms with E-state index in [0.29, 0.717) is 0 Å². The smallest absolute Gasteiger partial charge is 0.0457 e. The van der Waals surface area contributed by atoms with Gasteiger partial charge in [0.1, 0.15) is 0 Å². The number of halogens is 1. The highest BCUT2D eigenvalue weighted by atomic mass is 35.5. The summed E-state index contributed by atoms with van der Waals surface area (Å²) in [6.07, 6.45) is 5.06. The summed E-state index contributed by atoms with van der Waals surface area (Å²) in [5, 5.41) is 3.25. The zero-order chi connectivity index (χ0) is 13.5. The highest BCUT2D eigenvalue weighted by Crippen LogP contribution is 2.27. The molecule has 20 heavy (non-hydrogen) atoms. The van der Waals surface area contributed by atoms with Crippen LogP contribution in [0.5, 0.6) is 0 Å². The predicted molar refractivity (Wildman–Crippen MR) is 84.4 cm³/mol. The average molecular weight is 281 g/mol. The Morgan fingerprint density at radius 1 is 0.800 bits per heavy atom. The third kappa shape index (κ3) is 1.81. The molecule has 2 nitrogen and oxygen atoms in total. The van der Waals surface area contributed by atoms with Gasteiger partial charge in [-0.1, -0.05) is 29.8 Å². The van der Waals surface area contributed by atoms with Gasteiger partial charge in [0.05, 0.1) is 0 Å². The van der Waals surface area contributed by atoms with Crippen molar-refractivity contribution in [1.82, 2.24) is 9.97 Å². The first-order chi connectivity index (χ1) is 9.81. The molecular weight excluding hydrogens is 268 g/mol. The fourth-order valence-corrected chi connectivity index (χ4v) is 2.95. The molecule has 0 aliphatic rings. The minimum atomic E-state index is 0.775. The second-order valence-electron chi connectivity index (χ2n) is 5.04. The first-order valence-corrected chi connectivity index (χ1v) is 6.99. The highest BCUT2D eigenvalue weighted by molar-refractivity contribution is 6.31. The summed E-state index contributed by atoms with van der Waals surface area (Å²) in [7, 11) is 0. The van der Waals surface area contributed by atoms with Gasteiger partial charge in [0.2, 0.25) is 0 Å². The number of hydrogen-bond acceptors (Lipinski definition) is 0. The SMILES string of the molecule is Clc1ccc2[nH]cc(Cc3c[nH]c4ccccc34)c2c1. The van der Waals surface area contributed by atoms with Crippen molar-refractivity contribution < 1.29 is 0 Å². The Hall–Kier alpha value is -2.19. The lowest BCUT2D eigenvalue weighted by molar-refractivity contribution is 1.22. The molecule has 0 radical (unpaired) electrons. The molecule has 0 bridgehead atoms. The fourth-order valence-electron chi connectivity index (χ4n) is 2.78. The Morgan fingerprint density at radius 2 is 1.50 bits per heavy atom. The van der Waals surface area contributed by atoms with Gasteiger partial charge < -0.3 is 9.97 Å². The number of para-hydroxylation sites is 1. The van der Waals surface area contributed by atoms with Gasteiger partial charge in [0, 0.05) is 45.6 Å². The zero-order valence-corrected chi connectivity index (χ0v) is 11.5. The van der Waals surface area contributed by atoms with Crippen molar-refractivity contribution in [2.75, 3.05) is 0 Å². The Kier molecular flexibility index (Phi) is 2.57. The summed E-state index contributed by atoms with van der Waals surface area (Å²) in [4.78, 5) is 6.63. The molecule has 98 valence electrons. The van der Waals surface area contributed by atoms with E-state index in [2.05, 4.69) is 40.6 Å². The molecule has 0 aliphatic carbocycles. The summed E-state index contributed by atoms with van der Waals surface area (Å²) in [6.45, 7) is 0. The topological polar surface area (TPSA) is 31.6 Å². The number of benzene rings is 2. The molecule has 0 saturated heterocycles. The van der Waals surface area contributed by atoms with E-state index in [0.717, 1.165) is 17.0 Å². The van der Waals surface area contributed by atoms with Gasteiger partial charge in [-0.05, 0) is 35.4 Å². The minimum Gasteiger partial charge on any atom is -0.361 e. The molecule has 4 aromatic rings. The third-order valence-corrected chi connectivity index (χ3v) is 4.02. The van der Waals surface area contributed by atoms with E-state index in [1.807, 2.05) is 24.3 Å². The van der Waals surface area contributed by atoms with Crippen molar-refractivity contribution in [3.8, 4) is 0 Å². The monoisotopic (exact) mass is 280 g/mol. The summed E-state index contributed by atoms with van der Waals surface area (Å²) < 4.78 is 0. The van der Waals surface area contributed by atoms with Gasteiger partial charge in [-0.15, -0.1) is 0 Å². The van der Waals surface area contributed by atoms with Gasteiger partial charge in [0.15, 0.2) is 0 Å². The Morgan fingerprint density at radius 3 is 2.35 bits per heavy atom. The van der Waals surface area contributed by atoms with Crippen LogP contribution in [0.3, 0.4) is 0 Å². The molecular formula is C17H13ClN2. The van der Waals surface area contributed by atoms with Crippen LogP contribution in [0.2, 0.25) is 5.02 Å². The maximum absolute atomic E-state index is 6.10. The van der Waals surface area contributed by atoms with Gasteiger partial charge in [0.25, 0.3) is 0 Å². The number of hydrogen-bond donors (Lipinski definition) is 2. The van der Waals surface area contributed by atoms with Crippen LogP contribution in [0, 0.1) is 0 Å². The van der Waals surface area contributed by atoms with E-state index < -0.39 is 0 Å². The van der Waals surface area contributed by atoms with E-state index in [4.69, 9.17) is 11.6 Å². The number of nitrogens with one attached hydrogen (secondary N) is 2. The Labute approximate surface area is 121 Å².